The molecule has 3 aromatic rings. The van der Waals surface area contributed by atoms with Crippen molar-refractivity contribution in [1.29, 1.82) is 0 Å². The molecule has 1 aliphatic heterocycles. The first-order valence-corrected chi connectivity index (χ1v) is 11.5. The molecule has 1 aliphatic rings. The summed E-state index contributed by atoms with van der Waals surface area (Å²) in [5, 5.41) is 14.7. The second kappa shape index (κ2) is 8.72. The van der Waals surface area contributed by atoms with Gasteiger partial charge in [-0.05, 0) is 43.3 Å². The first-order valence-electron chi connectivity index (χ1n) is 9.12. The van der Waals surface area contributed by atoms with Gasteiger partial charge in [0, 0.05) is 24.0 Å². The number of anilines is 1. The molecule has 0 bridgehead atoms. The van der Waals surface area contributed by atoms with Gasteiger partial charge in [-0.2, -0.15) is 20.3 Å². The van der Waals surface area contributed by atoms with Gasteiger partial charge in [0.05, 0.1) is 21.9 Å². The average molecular weight is 470 g/mol. The van der Waals surface area contributed by atoms with Crippen LogP contribution in [0.15, 0.2) is 80.6 Å². The predicted octanol–water partition coefficient (Wildman–Crippen LogP) is 2.85. The van der Waals surface area contributed by atoms with Crippen LogP contribution in [0.3, 0.4) is 0 Å². The van der Waals surface area contributed by atoms with Gasteiger partial charge in [-0.25, -0.2) is 13.4 Å². The lowest BCUT2D eigenvalue weighted by molar-refractivity contribution is -0.127. The molecule has 0 aliphatic carbocycles. The van der Waals surface area contributed by atoms with E-state index in [0.29, 0.717) is 11.4 Å². The number of pyridine rings is 1. The number of hydrogen-bond acceptors (Lipinski definition) is 10. The minimum absolute atomic E-state index is 0.0228. The average Bonchev–Trinajstić information content (AvgIpc) is 3.40. The summed E-state index contributed by atoms with van der Waals surface area (Å²) in [7, 11) is -3.79. The number of aromatic nitrogens is 2. The van der Waals surface area contributed by atoms with Crippen LogP contribution in [-0.2, 0) is 14.8 Å². The number of rotatable bonds is 6. The molecule has 162 valence electrons. The van der Waals surface area contributed by atoms with Gasteiger partial charge in [0.2, 0.25) is 0 Å². The van der Waals surface area contributed by atoms with Gasteiger partial charge in [0.1, 0.15) is 0 Å². The van der Waals surface area contributed by atoms with E-state index in [1.807, 2.05) is 0 Å². The second-order valence-corrected chi connectivity index (χ2v) is 9.07. The lowest BCUT2D eigenvalue weighted by Gasteiger charge is -2.10. The third kappa shape index (κ3) is 4.43. The van der Waals surface area contributed by atoms with Crippen LogP contribution >= 0.6 is 11.3 Å². The molecule has 0 saturated heterocycles. The van der Waals surface area contributed by atoms with Crippen LogP contribution in [0, 0.1) is 0 Å². The molecule has 11 nitrogen and oxygen atoms in total. The van der Waals surface area contributed by atoms with Gasteiger partial charge in [0.25, 0.3) is 21.8 Å². The molecule has 0 saturated carbocycles. The molecule has 1 N–H and O–H groups in total. The van der Waals surface area contributed by atoms with Gasteiger partial charge in [-0.1, -0.05) is 0 Å². The largest absolute Gasteiger partial charge is 0.282 e. The highest BCUT2D eigenvalue weighted by Gasteiger charge is 2.38. The third-order valence-corrected chi connectivity index (χ3v) is 6.46. The van der Waals surface area contributed by atoms with Crippen LogP contribution < -0.4 is 4.72 Å². The quantitative estimate of drug-likeness (QED) is 0.434. The topological polar surface area (TPSA) is 146 Å². The predicted molar refractivity (Wildman–Crippen MR) is 116 cm³/mol. The Morgan fingerprint density at radius 3 is 2.62 bits per heavy atom. The summed E-state index contributed by atoms with van der Waals surface area (Å²) in [4.78, 5) is 32.9. The monoisotopic (exact) mass is 469 g/mol. The number of benzene rings is 1. The number of carbonyl (C=O) groups is 2. The number of nitrogens with zero attached hydrogens (tertiary/aromatic N) is 6. The van der Waals surface area contributed by atoms with E-state index in [4.69, 9.17) is 0 Å². The number of azo groups is 1. The zero-order valence-corrected chi connectivity index (χ0v) is 18.1. The highest BCUT2D eigenvalue weighted by atomic mass is 32.2. The maximum atomic E-state index is 12.6. The number of hydrazone groups is 1. The fourth-order valence-corrected chi connectivity index (χ4v) is 4.50. The molecular weight excluding hydrogens is 454 g/mol. The lowest BCUT2D eigenvalue weighted by atomic mass is 10.2. The summed E-state index contributed by atoms with van der Waals surface area (Å²) >= 11 is 1.16. The molecule has 2 aromatic heterocycles. The van der Waals surface area contributed by atoms with Crippen molar-refractivity contribution < 1.29 is 18.0 Å². The van der Waals surface area contributed by atoms with Crippen molar-refractivity contribution in [3.63, 3.8) is 0 Å². The van der Waals surface area contributed by atoms with Crippen LogP contribution in [0.1, 0.15) is 17.3 Å². The Labute approximate surface area is 186 Å². The molecule has 3 heterocycles. The fraction of sp³-hybridized carbons (Fsp3) is 0.105. The van der Waals surface area contributed by atoms with E-state index in [1.165, 1.54) is 48.9 Å². The van der Waals surface area contributed by atoms with Crippen LogP contribution in [0.25, 0.3) is 0 Å². The molecule has 1 atom stereocenters. The Hall–Kier alpha value is -3.84. The number of carbonyl (C=O) groups excluding carboxylic acids is 2. The van der Waals surface area contributed by atoms with Crippen molar-refractivity contribution in [3.05, 3.63) is 65.9 Å². The summed E-state index contributed by atoms with van der Waals surface area (Å²) in [6.07, 6.45) is 4.35. The van der Waals surface area contributed by atoms with Crippen molar-refractivity contribution in [2.75, 3.05) is 4.72 Å². The van der Waals surface area contributed by atoms with E-state index in [0.717, 1.165) is 16.3 Å². The van der Waals surface area contributed by atoms with Crippen molar-refractivity contribution in [1.82, 2.24) is 15.0 Å². The van der Waals surface area contributed by atoms with Crippen molar-refractivity contribution in [2.24, 2.45) is 15.3 Å². The number of amides is 2. The van der Waals surface area contributed by atoms with Gasteiger partial charge >= 0.3 is 0 Å². The van der Waals surface area contributed by atoms with Gasteiger partial charge in [0.15, 0.2) is 11.2 Å². The molecule has 32 heavy (non-hydrogen) atoms. The zero-order valence-electron chi connectivity index (χ0n) is 16.5. The second-order valence-electron chi connectivity index (χ2n) is 6.49. The minimum Gasteiger partial charge on any atom is -0.269 e. The number of sulfonamides is 1. The Bertz CT molecular complexity index is 1310. The standard InChI is InChI=1S/C19H15N7O4S2/c1-12-16(18(28)26(24-12)17(27)13-3-2-8-20-11-13)23-22-14-4-6-15(7-5-14)32(29,30)25-19-21-9-10-31-19/h2-11,16H,1H3,(H,21,25). The van der Waals surface area contributed by atoms with E-state index in [-0.39, 0.29) is 15.6 Å². The number of thiazole rings is 1. The smallest absolute Gasteiger partial charge is 0.269 e. The fourth-order valence-electron chi connectivity index (χ4n) is 2.71. The summed E-state index contributed by atoms with van der Waals surface area (Å²) in [6.45, 7) is 1.57. The van der Waals surface area contributed by atoms with Crippen LogP contribution in [-0.4, -0.2) is 47.0 Å². The maximum absolute atomic E-state index is 12.6. The molecule has 0 spiro atoms. The molecule has 0 radical (unpaired) electrons. The van der Waals surface area contributed by atoms with Crippen LogP contribution in [0.5, 0.6) is 0 Å². The first-order chi connectivity index (χ1) is 15.3. The minimum atomic E-state index is -3.79. The Kier molecular flexibility index (Phi) is 5.83. The van der Waals surface area contributed by atoms with Crippen molar-refractivity contribution in [2.45, 2.75) is 17.9 Å². The SMILES string of the molecule is CC1=NN(C(=O)c2cccnc2)C(=O)C1N=Nc1ccc(S(=O)(=O)Nc2nccs2)cc1. The third-order valence-electron chi connectivity index (χ3n) is 4.29. The normalized spacial score (nSPS) is 16.4. The van der Waals surface area contributed by atoms with E-state index in [1.54, 1.807) is 18.4 Å². The lowest BCUT2D eigenvalue weighted by Crippen LogP contribution is -2.34. The number of hydrogen-bond donors (Lipinski definition) is 1. The maximum Gasteiger partial charge on any atom is 0.282 e. The molecule has 4 rings (SSSR count). The van der Waals surface area contributed by atoms with Crippen LogP contribution in [0.2, 0.25) is 0 Å². The molecule has 1 aromatic carbocycles. The molecule has 2 amide bonds. The summed E-state index contributed by atoms with van der Waals surface area (Å²) in [5.41, 5.74) is 0.858. The molecule has 13 heteroatoms. The summed E-state index contributed by atoms with van der Waals surface area (Å²) in [6, 6.07) is 7.68. The zero-order chi connectivity index (χ0) is 22.7. The van der Waals surface area contributed by atoms with E-state index in [9.17, 15) is 18.0 Å². The van der Waals surface area contributed by atoms with E-state index in [2.05, 4.69) is 30.0 Å². The Balaban J connectivity index is 1.46. The van der Waals surface area contributed by atoms with Crippen molar-refractivity contribution in [3.8, 4) is 0 Å². The highest BCUT2D eigenvalue weighted by Crippen LogP contribution is 2.22. The Morgan fingerprint density at radius 2 is 1.97 bits per heavy atom. The number of nitrogens with one attached hydrogen (secondary N) is 1. The van der Waals surface area contributed by atoms with E-state index >= 15 is 0 Å². The molecule has 0 fully saturated rings. The summed E-state index contributed by atoms with van der Waals surface area (Å²) < 4.78 is 27.1. The Morgan fingerprint density at radius 1 is 1.19 bits per heavy atom. The summed E-state index contributed by atoms with van der Waals surface area (Å²) in [5.74, 6) is -1.24. The van der Waals surface area contributed by atoms with Gasteiger partial charge in [-0.3, -0.25) is 19.3 Å². The molecular formula is C19H15N7O4S2. The van der Waals surface area contributed by atoms with E-state index < -0.39 is 27.9 Å². The molecule has 1 unspecified atom stereocenters. The van der Waals surface area contributed by atoms with Crippen molar-refractivity contribution >= 4 is 49.7 Å². The van der Waals surface area contributed by atoms with Gasteiger partial charge in [-0.15, -0.1) is 11.3 Å². The highest BCUT2D eigenvalue weighted by molar-refractivity contribution is 7.93. The van der Waals surface area contributed by atoms with Crippen LogP contribution in [0.4, 0.5) is 10.8 Å². The first kappa shape index (κ1) is 21.4. The van der Waals surface area contributed by atoms with Gasteiger partial charge < -0.3 is 0 Å². The number of imide groups is 1.